The molecule has 33 heavy (non-hydrogen) atoms. The number of hydrazone groups is 1. The van der Waals surface area contributed by atoms with Crippen molar-refractivity contribution in [2.45, 2.75) is 11.8 Å². The van der Waals surface area contributed by atoms with E-state index in [0.29, 0.717) is 5.71 Å². The number of hydrogen-bond donors (Lipinski definition) is 1. The summed E-state index contributed by atoms with van der Waals surface area (Å²) in [6, 6.07) is 21.6. The number of methoxy groups -OCH3 is 2. The third kappa shape index (κ3) is 7.08. The van der Waals surface area contributed by atoms with Crippen molar-refractivity contribution in [1.29, 1.82) is 0 Å². The van der Waals surface area contributed by atoms with Gasteiger partial charge in [-0.25, -0.2) is 0 Å². The Morgan fingerprint density at radius 3 is 1.64 bits per heavy atom. The Morgan fingerprint density at radius 2 is 1.21 bits per heavy atom. The van der Waals surface area contributed by atoms with E-state index in [4.69, 9.17) is 9.47 Å². The molecule has 0 spiro atoms. The SMILES string of the molecule is COc1ccc(C=CC(C=Cc2ccc(OC)cc2)=NNS(=O)(=O)c2ccc(C)cc2)cc1. The number of rotatable bonds is 9. The molecule has 0 amide bonds. The van der Waals surface area contributed by atoms with Gasteiger partial charge in [0.1, 0.15) is 11.5 Å². The van der Waals surface area contributed by atoms with Crippen LogP contribution in [-0.2, 0) is 10.0 Å². The predicted octanol–water partition coefficient (Wildman–Crippen LogP) is 5.07. The summed E-state index contributed by atoms with van der Waals surface area (Å²) in [5.74, 6) is 1.51. The quantitative estimate of drug-likeness (QED) is 0.356. The Bertz CT molecular complexity index is 1180. The molecule has 0 aliphatic rings. The van der Waals surface area contributed by atoms with Gasteiger partial charge in [0, 0.05) is 0 Å². The van der Waals surface area contributed by atoms with E-state index in [2.05, 4.69) is 9.93 Å². The Labute approximate surface area is 194 Å². The summed E-state index contributed by atoms with van der Waals surface area (Å²) in [5.41, 5.74) is 3.24. The minimum Gasteiger partial charge on any atom is -0.497 e. The van der Waals surface area contributed by atoms with Gasteiger partial charge in [-0.1, -0.05) is 54.1 Å². The fourth-order valence-electron chi connectivity index (χ4n) is 2.81. The van der Waals surface area contributed by atoms with Crippen LogP contribution in [0, 0.1) is 6.92 Å². The number of ether oxygens (including phenoxy) is 2. The number of nitrogens with zero attached hydrogens (tertiary/aromatic N) is 1. The van der Waals surface area contributed by atoms with E-state index in [1.54, 1.807) is 50.6 Å². The standard InChI is InChI=1S/C26H26N2O4S/c1-20-4-18-26(19-5-20)33(29,30)28-27-23(12-6-21-8-14-24(31-2)15-9-21)13-7-22-10-16-25(32-3)17-11-22/h4-19,28H,1-3H3. The van der Waals surface area contributed by atoms with Gasteiger partial charge in [-0.2, -0.15) is 18.4 Å². The Kier molecular flexibility index (Phi) is 8.05. The lowest BCUT2D eigenvalue weighted by Crippen LogP contribution is -2.19. The average molecular weight is 463 g/mol. The van der Waals surface area contributed by atoms with Gasteiger partial charge in [0.05, 0.1) is 24.8 Å². The first kappa shape index (κ1) is 23.8. The second-order valence-corrected chi connectivity index (χ2v) is 8.82. The summed E-state index contributed by atoms with van der Waals surface area (Å²) in [6.07, 6.45) is 7.16. The lowest BCUT2D eigenvalue weighted by atomic mass is 10.1. The number of benzene rings is 3. The summed E-state index contributed by atoms with van der Waals surface area (Å²) >= 11 is 0. The van der Waals surface area contributed by atoms with Crippen LogP contribution in [0.2, 0.25) is 0 Å². The van der Waals surface area contributed by atoms with Gasteiger partial charge in [-0.15, -0.1) is 0 Å². The molecule has 3 rings (SSSR count). The van der Waals surface area contributed by atoms with Gasteiger partial charge in [0.2, 0.25) is 0 Å². The highest BCUT2D eigenvalue weighted by molar-refractivity contribution is 7.89. The second-order valence-electron chi connectivity index (χ2n) is 7.16. The molecule has 0 bridgehead atoms. The fraction of sp³-hybridized carbons (Fsp3) is 0.115. The maximum Gasteiger partial charge on any atom is 0.276 e. The maximum atomic E-state index is 12.6. The van der Waals surface area contributed by atoms with Gasteiger partial charge in [0.25, 0.3) is 10.0 Å². The smallest absolute Gasteiger partial charge is 0.276 e. The molecule has 0 atom stereocenters. The van der Waals surface area contributed by atoms with E-state index in [1.807, 2.05) is 67.6 Å². The highest BCUT2D eigenvalue weighted by atomic mass is 32.2. The minimum absolute atomic E-state index is 0.148. The number of sulfonamides is 1. The van der Waals surface area contributed by atoms with Gasteiger partial charge >= 0.3 is 0 Å². The van der Waals surface area contributed by atoms with Crippen molar-refractivity contribution >= 4 is 27.9 Å². The first-order valence-corrected chi connectivity index (χ1v) is 11.7. The molecular weight excluding hydrogens is 436 g/mol. The average Bonchev–Trinajstić information content (AvgIpc) is 2.84. The van der Waals surface area contributed by atoms with Crippen LogP contribution in [0.4, 0.5) is 0 Å². The highest BCUT2D eigenvalue weighted by Gasteiger charge is 2.12. The van der Waals surface area contributed by atoms with Crippen LogP contribution in [0.1, 0.15) is 16.7 Å². The van der Waals surface area contributed by atoms with Crippen molar-refractivity contribution in [2.24, 2.45) is 5.10 Å². The summed E-state index contributed by atoms with van der Waals surface area (Å²) in [6.45, 7) is 1.90. The minimum atomic E-state index is -3.79. The van der Waals surface area contributed by atoms with Crippen LogP contribution in [0.3, 0.4) is 0 Å². The lowest BCUT2D eigenvalue weighted by Gasteiger charge is -2.05. The lowest BCUT2D eigenvalue weighted by molar-refractivity contribution is 0.414. The molecular formula is C26H26N2O4S. The zero-order valence-corrected chi connectivity index (χ0v) is 19.5. The maximum absolute atomic E-state index is 12.6. The van der Waals surface area contributed by atoms with Gasteiger partial charge in [-0.3, -0.25) is 0 Å². The molecule has 0 saturated heterocycles. The number of nitrogens with one attached hydrogen (secondary N) is 1. The van der Waals surface area contributed by atoms with E-state index >= 15 is 0 Å². The van der Waals surface area contributed by atoms with Crippen molar-refractivity contribution in [1.82, 2.24) is 4.83 Å². The molecule has 3 aromatic rings. The monoisotopic (exact) mass is 462 g/mol. The van der Waals surface area contributed by atoms with E-state index < -0.39 is 10.0 Å². The predicted molar refractivity (Wildman–Crippen MR) is 133 cm³/mol. The number of hydrogen-bond acceptors (Lipinski definition) is 5. The van der Waals surface area contributed by atoms with Gasteiger partial charge in [-0.05, 0) is 66.6 Å². The van der Waals surface area contributed by atoms with Gasteiger partial charge in [0.15, 0.2) is 0 Å². The van der Waals surface area contributed by atoms with Crippen LogP contribution in [0.5, 0.6) is 11.5 Å². The molecule has 0 unspecified atom stereocenters. The summed E-state index contributed by atoms with van der Waals surface area (Å²) in [4.78, 5) is 2.47. The Morgan fingerprint density at radius 1 is 0.758 bits per heavy atom. The molecule has 170 valence electrons. The Balaban J connectivity index is 1.86. The molecule has 7 heteroatoms. The molecule has 1 N–H and O–H groups in total. The third-order valence-electron chi connectivity index (χ3n) is 4.75. The van der Waals surface area contributed by atoms with Gasteiger partial charge < -0.3 is 9.47 Å². The number of allylic oxidation sites excluding steroid dienone is 2. The van der Waals surface area contributed by atoms with Crippen molar-refractivity contribution < 1.29 is 17.9 Å². The first-order chi connectivity index (χ1) is 15.9. The van der Waals surface area contributed by atoms with Crippen molar-refractivity contribution in [2.75, 3.05) is 14.2 Å². The van der Waals surface area contributed by atoms with Crippen LogP contribution in [-0.4, -0.2) is 28.3 Å². The van der Waals surface area contributed by atoms with Crippen molar-refractivity contribution in [3.63, 3.8) is 0 Å². The van der Waals surface area contributed by atoms with E-state index in [1.165, 1.54) is 0 Å². The van der Waals surface area contributed by atoms with Crippen molar-refractivity contribution in [3.05, 3.63) is 102 Å². The van der Waals surface area contributed by atoms with E-state index in [0.717, 1.165) is 28.2 Å². The van der Waals surface area contributed by atoms with Crippen LogP contribution in [0.15, 0.2) is 94.9 Å². The third-order valence-corrected chi connectivity index (χ3v) is 5.98. The molecule has 0 aromatic heterocycles. The van der Waals surface area contributed by atoms with Crippen molar-refractivity contribution in [3.8, 4) is 11.5 Å². The molecule has 0 aliphatic heterocycles. The highest BCUT2D eigenvalue weighted by Crippen LogP contribution is 2.14. The van der Waals surface area contributed by atoms with E-state index in [-0.39, 0.29) is 4.90 Å². The first-order valence-electron chi connectivity index (χ1n) is 10.2. The molecule has 3 aromatic carbocycles. The molecule has 0 aliphatic carbocycles. The largest absolute Gasteiger partial charge is 0.497 e. The van der Waals surface area contributed by atoms with Crippen LogP contribution < -0.4 is 14.3 Å². The molecule has 0 heterocycles. The molecule has 6 nitrogen and oxygen atoms in total. The zero-order valence-electron chi connectivity index (χ0n) is 18.7. The summed E-state index contributed by atoms with van der Waals surface area (Å²) in [7, 11) is -0.573. The number of aryl methyl sites for hydroxylation is 1. The molecule has 0 radical (unpaired) electrons. The fourth-order valence-corrected chi connectivity index (χ4v) is 3.63. The molecule has 0 saturated carbocycles. The topological polar surface area (TPSA) is 77.0 Å². The molecule has 0 fully saturated rings. The summed E-state index contributed by atoms with van der Waals surface area (Å²) in [5, 5.41) is 4.15. The van der Waals surface area contributed by atoms with Crippen LogP contribution >= 0.6 is 0 Å². The van der Waals surface area contributed by atoms with E-state index in [9.17, 15) is 8.42 Å². The second kappa shape index (κ2) is 11.2. The Hall–Kier alpha value is -3.84. The zero-order chi connectivity index (χ0) is 23.7. The normalized spacial score (nSPS) is 11.5. The summed E-state index contributed by atoms with van der Waals surface area (Å²) < 4.78 is 35.6. The van der Waals surface area contributed by atoms with Crippen LogP contribution in [0.25, 0.3) is 12.2 Å².